The Morgan fingerprint density at radius 2 is 2.19 bits per heavy atom. The van der Waals surface area contributed by atoms with E-state index in [9.17, 15) is 0 Å². The predicted octanol–water partition coefficient (Wildman–Crippen LogP) is 1.84. The molecule has 4 nitrogen and oxygen atoms in total. The van der Waals surface area contributed by atoms with Gasteiger partial charge in [-0.3, -0.25) is 0 Å². The normalized spacial score (nSPS) is 10.6. The molecule has 1 aromatic heterocycles. The molecule has 84 valence electrons. The molecular weight excluding hydrogens is 224 g/mol. The largest absolute Gasteiger partial charge is 0.368 e. The maximum Gasteiger partial charge on any atom is 0.218 e. The first-order valence-electron chi connectivity index (χ1n) is 5.05. The lowest BCUT2D eigenvalue weighted by Crippen LogP contribution is -1.98. The Bertz CT molecular complexity index is 473. The molecule has 0 aliphatic rings. The van der Waals surface area contributed by atoms with Gasteiger partial charge in [0.2, 0.25) is 5.95 Å². The number of nitrogens with two attached hydrogens (primary N) is 1. The Labute approximate surface area is 99.1 Å². The fourth-order valence-electron chi connectivity index (χ4n) is 1.51. The second-order valence-corrected chi connectivity index (χ2v) is 4.08. The predicted molar refractivity (Wildman–Crippen MR) is 64.3 cm³/mol. The summed E-state index contributed by atoms with van der Waals surface area (Å²) in [5.41, 5.74) is 6.78. The first-order valence-corrected chi connectivity index (χ1v) is 5.43. The number of anilines is 1. The molecule has 5 heteroatoms. The summed E-state index contributed by atoms with van der Waals surface area (Å²) in [5.74, 6) is 1.21. The summed E-state index contributed by atoms with van der Waals surface area (Å²) < 4.78 is 1.58. The number of nitrogen functional groups attached to an aromatic ring is 1. The van der Waals surface area contributed by atoms with Crippen molar-refractivity contribution in [3.63, 3.8) is 0 Å². The molecule has 1 heterocycles. The van der Waals surface area contributed by atoms with Gasteiger partial charge in [0.15, 0.2) is 5.82 Å². The number of aromatic nitrogens is 3. The Balaban J connectivity index is 2.02. The van der Waals surface area contributed by atoms with Crippen LogP contribution in [0.3, 0.4) is 0 Å². The zero-order valence-corrected chi connectivity index (χ0v) is 9.78. The zero-order valence-electron chi connectivity index (χ0n) is 9.02. The van der Waals surface area contributed by atoms with E-state index in [2.05, 4.69) is 10.1 Å². The summed E-state index contributed by atoms with van der Waals surface area (Å²) in [6, 6.07) is 7.80. The van der Waals surface area contributed by atoms with Gasteiger partial charge in [0.1, 0.15) is 0 Å². The van der Waals surface area contributed by atoms with Crippen LogP contribution < -0.4 is 5.73 Å². The highest BCUT2D eigenvalue weighted by Gasteiger charge is 2.04. The summed E-state index contributed by atoms with van der Waals surface area (Å²) in [5, 5.41) is 4.95. The summed E-state index contributed by atoms with van der Waals surface area (Å²) in [7, 11) is 1.78. The van der Waals surface area contributed by atoms with E-state index in [0.717, 1.165) is 23.7 Å². The van der Waals surface area contributed by atoms with Crippen LogP contribution in [0, 0.1) is 0 Å². The minimum absolute atomic E-state index is 0.445. The van der Waals surface area contributed by atoms with E-state index in [-0.39, 0.29) is 0 Å². The van der Waals surface area contributed by atoms with Crippen molar-refractivity contribution in [3.05, 3.63) is 40.7 Å². The van der Waals surface area contributed by atoms with E-state index in [0.29, 0.717) is 5.95 Å². The molecule has 16 heavy (non-hydrogen) atoms. The first kappa shape index (κ1) is 11.0. The highest BCUT2D eigenvalue weighted by atomic mass is 35.5. The molecule has 0 aliphatic carbocycles. The fraction of sp³-hybridized carbons (Fsp3) is 0.273. The topological polar surface area (TPSA) is 56.7 Å². The van der Waals surface area contributed by atoms with Crippen molar-refractivity contribution >= 4 is 17.5 Å². The molecule has 0 unspecified atom stereocenters. The molecule has 0 aliphatic heterocycles. The van der Waals surface area contributed by atoms with Gasteiger partial charge >= 0.3 is 0 Å². The van der Waals surface area contributed by atoms with Crippen LogP contribution in [0.5, 0.6) is 0 Å². The van der Waals surface area contributed by atoms with Gasteiger partial charge in [-0.2, -0.15) is 10.1 Å². The second kappa shape index (κ2) is 4.53. The molecule has 2 aromatic rings. The van der Waals surface area contributed by atoms with E-state index in [4.69, 9.17) is 17.3 Å². The average Bonchev–Trinajstić information content (AvgIpc) is 2.56. The lowest BCUT2D eigenvalue weighted by atomic mass is 10.1. The van der Waals surface area contributed by atoms with Crippen LogP contribution in [0.25, 0.3) is 0 Å². The Hall–Kier alpha value is -1.55. The minimum atomic E-state index is 0.445. The maximum absolute atomic E-state index is 5.90. The van der Waals surface area contributed by atoms with Gasteiger partial charge in [-0.15, -0.1) is 0 Å². The molecule has 0 fully saturated rings. The molecule has 0 saturated carbocycles. The third kappa shape index (κ3) is 2.52. The van der Waals surface area contributed by atoms with Crippen LogP contribution in [0.15, 0.2) is 24.3 Å². The van der Waals surface area contributed by atoms with Crippen molar-refractivity contribution in [1.29, 1.82) is 0 Å². The van der Waals surface area contributed by atoms with Gasteiger partial charge in [0, 0.05) is 18.5 Å². The zero-order chi connectivity index (χ0) is 11.5. The number of hydrogen-bond donors (Lipinski definition) is 1. The molecule has 0 amide bonds. The maximum atomic E-state index is 5.90. The summed E-state index contributed by atoms with van der Waals surface area (Å²) in [6.45, 7) is 0. The van der Waals surface area contributed by atoms with Crippen LogP contribution in [0.1, 0.15) is 11.4 Å². The molecule has 0 saturated heterocycles. The van der Waals surface area contributed by atoms with Gasteiger partial charge < -0.3 is 5.73 Å². The number of halogens is 1. The second-order valence-electron chi connectivity index (χ2n) is 3.64. The Kier molecular flexibility index (Phi) is 3.10. The summed E-state index contributed by atoms with van der Waals surface area (Å²) in [4.78, 5) is 4.14. The van der Waals surface area contributed by atoms with Crippen LogP contribution in [-0.2, 0) is 19.9 Å². The summed E-state index contributed by atoms with van der Waals surface area (Å²) in [6.07, 6.45) is 1.63. The highest BCUT2D eigenvalue weighted by molar-refractivity contribution is 6.30. The van der Waals surface area contributed by atoms with Crippen molar-refractivity contribution in [3.8, 4) is 0 Å². The number of aryl methyl sites for hydroxylation is 3. The number of hydrogen-bond acceptors (Lipinski definition) is 3. The summed E-state index contributed by atoms with van der Waals surface area (Å²) >= 11 is 5.90. The third-order valence-electron chi connectivity index (χ3n) is 2.37. The molecule has 2 N–H and O–H groups in total. The van der Waals surface area contributed by atoms with Crippen LogP contribution in [0.4, 0.5) is 5.95 Å². The quantitative estimate of drug-likeness (QED) is 0.885. The fourth-order valence-corrected chi connectivity index (χ4v) is 1.72. The smallest absolute Gasteiger partial charge is 0.218 e. The van der Waals surface area contributed by atoms with E-state index >= 15 is 0 Å². The van der Waals surface area contributed by atoms with E-state index in [1.54, 1.807) is 11.7 Å². The molecule has 0 atom stereocenters. The van der Waals surface area contributed by atoms with Crippen molar-refractivity contribution in [1.82, 2.24) is 14.8 Å². The molecule has 0 bridgehead atoms. The number of nitrogens with zero attached hydrogens (tertiary/aromatic N) is 3. The van der Waals surface area contributed by atoms with Gasteiger partial charge in [0.25, 0.3) is 0 Å². The van der Waals surface area contributed by atoms with Crippen molar-refractivity contribution < 1.29 is 0 Å². The standard InChI is InChI=1S/C11H13ClN4/c1-16-11(13)14-10(15-16)6-5-8-3-2-4-9(12)7-8/h2-4,7H,5-6H2,1H3,(H2,13,14,15). The monoisotopic (exact) mass is 236 g/mol. The Morgan fingerprint density at radius 3 is 2.81 bits per heavy atom. The van der Waals surface area contributed by atoms with Crippen LogP contribution in [-0.4, -0.2) is 14.8 Å². The molecule has 2 rings (SSSR count). The van der Waals surface area contributed by atoms with Gasteiger partial charge in [0.05, 0.1) is 0 Å². The van der Waals surface area contributed by atoms with Crippen LogP contribution in [0.2, 0.25) is 5.02 Å². The first-order chi connectivity index (χ1) is 7.65. The average molecular weight is 237 g/mol. The van der Waals surface area contributed by atoms with Crippen molar-refractivity contribution in [2.24, 2.45) is 7.05 Å². The van der Waals surface area contributed by atoms with Crippen molar-refractivity contribution in [2.45, 2.75) is 12.8 Å². The lowest BCUT2D eigenvalue weighted by molar-refractivity contribution is 0.744. The van der Waals surface area contributed by atoms with Crippen LogP contribution >= 0.6 is 11.6 Å². The van der Waals surface area contributed by atoms with Gasteiger partial charge in [-0.1, -0.05) is 23.7 Å². The van der Waals surface area contributed by atoms with Gasteiger partial charge in [-0.25, -0.2) is 4.68 Å². The number of benzene rings is 1. The van der Waals surface area contributed by atoms with Crippen molar-refractivity contribution in [2.75, 3.05) is 5.73 Å². The number of rotatable bonds is 3. The van der Waals surface area contributed by atoms with Gasteiger partial charge in [-0.05, 0) is 24.1 Å². The van der Waals surface area contributed by atoms with E-state index in [1.165, 1.54) is 5.56 Å². The minimum Gasteiger partial charge on any atom is -0.368 e. The molecular formula is C11H13ClN4. The molecule has 1 aromatic carbocycles. The lowest BCUT2D eigenvalue weighted by Gasteiger charge is -1.98. The molecule has 0 spiro atoms. The van der Waals surface area contributed by atoms with E-state index < -0.39 is 0 Å². The van der Waals surface area contributed by atoms with E-state index in [1.807, 2.05) is 24.3 Å². The SMILES string of the molecule is Cn1nc(CCc2cccc(Cl)c2)nc1N. The third-order valence-corrected chi connectivity index (χ3v) is 2.60. The highest BCUT2D eigenvalue weighted by Crippen LogP contribution is 2.12. The Morgan fingerprint density at radius 1 is 1.38 bits per heavy atom. The molecule has 0 radical (unpaired) electrons.